The van der Waals surface area contributed by atoms with Gasteiger partial charge in [-0.25, -0.2) is 43.9 Å². The molecule has 0 saturated heterocycles. The molecule has 0 unspecified atom stereocenters. The minimum atomic E-state index is -2.53. The Balaban J connectivity index is 2.21. The number of hydrogen-bond acceptors (Lipinski definition) is 3. The van der Waals surface area contributed by atoms with E-state index in [9.17, 15) is 53.5 Å². The van der Waals surface area contributed by atoms with Gasteiger partial charge in [0.25, 0.3) is 10.5 Å². The van der Waals surface area contributed by atoms with Crippen LogP contribution in [0, 0.1) is 58.2 Å². The highest BCUT2D eigenvalue weighted by Gasteiger charge is 2.29. The minimum Gasteiger partial charge on any atom is -0.311 e. The molecule has 0 bridgehead atoms. The molecule has 2 N–H and O–H groups in total. The van der Waals surface area contributed by atoms with E-state index in [1.807, 2.05) is 0 Å². The summed E-state index contributed by atoms with van der Waals surface area (Å²) in [6.07, 6.45) is 0. The van der Waals surface area contributed by atoms with Crippen LogP contribution in [0.2, 0.25) is 0 Å². The summed E-state index contributed by atoms with van der Waals surface area (Å²) in [4.78, 5) is 23.0. The van der Waals surface area contributed by atoms with Crippen molar-refractivity contribution in [2.24, 2.45) is 0 Å². The van der Waals surface area contributed by atoms with Crippen molar-refractivity contribution in [3.05, 3.63) is 58.2 Å². The molecule has 0 heterocycles. The molecule has 0 aromatic heterocycles. The molecule has 2 amide bonds. The molecule has 156 valence electrons. The van der Waals surface area contributed by atoms with Crippen molar-refractivity contribution in [2.45, 2.75) is 0 Å². The normalized spacial score (nSPS) is 10.8. The number of anilines is 2. The van der Waals surface area contributed by atoms with E-state index in [0.29, 0.717) is 0 Å². The number of amides is 2. The first kappa shape index (κ1) is 22.3. The van der Waals surface area contributed by atoms with Crippen LogP contribution in [0.25, 0.3) is 0 Å². The lowest BCUT2D eigenvalue weighted by Crippen LogP contribution is -2.18. The number of carbonyl (C=O) groups is 2. The molecular weight excluding hydrogens is 450 g/mol. The molecular formula is C14H2F10N2O2S. The fourth-order valence-electron chi connectivity index (χ4n) is 1.77. The largest absolute Gasteiger partial charge is 0.311 e. The summed E-state index contributed by atoms with van der Waals surface area (Å²) >= 11 is -0.688. The summed E-state index contributed by atoms with van der Waals surface area (Å²) < 4.78 is 132. The van der Waals surface area contributed by atoms with Crippen LogP contribution >= 0.6 is 11.8 Å². The van der Waals surface area contributed by atoms with Gasteiger partial charge in [0.1, 0.15) is 11.4 Å². The first-order chi connectivity index (χ1) is 13.4. The van der Waals surface area contributed by atoms with Gasteiger partial charge in [0.05, 0.1) is 0 Å². The van der Waals surface area contributed by atoms with E-state index in [0.717, 1.165) is 10.6 Å². The maximum atomic E-state index is 13.4. The summed E-state index contributed by atoms with van der Waals surface area (Å²) in [7, 11) is 0. The Kier molecular flexibility index (Phi) is 6.30. The molecule has 4 nitrogen and oxygen atoms in total. The lowest BCUT2D eigenvalue weighted by Gasteiger charge is -2.11. The molecule has 0 aliphatic rings. The first-order valence-electron chi connectivity index (χ1n) is 6.71. The molecule has 0 fully saturated rings. The van der Waals surface area contributed by atoms with E-state index in [2.05, 4.69) is 0 Å². The predicted molar refractivity (Wildman–Crippen MR) is 78.1 cm³/mol. The molecule has 0 aliphatic heterocycles. The topological polar surface area (TPSA) is 58.2 Å². The van der Waals surface area contributed by atoms with Gasteiger partial charge in [0, 0.05) is 11.8 Å². The fourth-order valence-corrected chi connectivity index (χ4v) is 2.24. The first-order valence-corrected chi connectivity index (χ1v) is 7.52. The zero-order chi connectivity index (χ0) is 22.2. The van der Waals surface area contributed by atoms with Crippen molar-refractivity contribution >= 4 is 33.6 Å². The van der Waals surface area contributed by atoms with E-state index < -0.39 is 91.8 Å². The lowest BCUT2D eigenvalue weighted by molar-refractivity contribution is 0.266. The Hall–Kier alpha value is -2.97. The van der Waals surface area contributed by atoms with Crippen LogP contribution in [0.15, 0.2) is 0 Å². The molecule has 0 aliphatic carbocycles. The van der Waals surface area contributed by atoms with E-state index in [1.165, 1.54) is 0 Å². The Bertz CT molecular complexity index is 907. The van der Waals surface area contributed by atoms with Crippen molar-refractivity contribution < 1.29 is 53.5 Å². The van der Waals surface area contributed by atoms with Gasteiger partial charge in [-0.3, -0.25) is 9.59 Å². The molecule has 2 rings (SSSR count). The van der Waals surface area contributed by atoms with E-state index >= 15 is 0 Å². The van der Waals surface area contributed by atoms with Gasteiger partial charge < -0.3 is 10.6 Å². The number of nitrogens with one attached hydrogen (secondary N) is 2. The summed E-state index contributed by atoms with van der Waals surface area (Å²) in [6.45, 7) is 0. The Morgan fingerprint density at radius 3 is 0.897 bits per heavy atom. The third-order valence-corrected chi connectivity index (χ3v) is 3.63. The standard InChI is InChI=1S/C14H2F10N2O2S/c15-1-3(17)7(21)11(8(22)4(1)18)25-13(27)29-14(28)26-12-9(23)5(19)2(16)6(20)10(12)24/h(H,25,27)(H,26,28). The number of carbonyl (C=O) groups excluding carboxylic acids is 2. The van der Waals surface area contributed by atoms with Gasteiger partial charge in [-0.2, -0.15) is 0 Å². The van der Waals surface area contributed by atoms with E-state index in [1.54, 1.807) is 0 Å². The lowest BCUT2D eigenvalue weighted by atomic mass is 10.2. The molecule has 15 heteroatoms. The van der Waals surface area contributed by atoms with Crippen LogP contribution in [0.1, 0.15) is 0 Å². The molecule has 0 radical (unpaired) electrons. The quantitative estimate of drug-likeness (QED) is 0.356. The van der Waals surface area contributed by atoms with Crippen LogP contribution in [0.5, 0.6) is 0 Å². The third kappa shape index (κ3) is 4.08. The number of rotatable bonds is 2. The zero-order valence-electron chi connectivity index (χ0n) is 13.0. The molecule has 0 saturated carbocycles. The van der Waals surface area contributed by atoms with Crippen LogP contribution in [-0.4, -0.2) is 10.5 Å². The van der Waals surface area contributed by atoms with Crippen LogP contribution in [-0.2, 0) is 0 Å². The number of benzene rings is 2. The highest BCUT2D eigenvalue weighted by molar-refractivity contribution is 8.26. The van der Waals surface area contributed by atoms with Gasteiger partial charge in [0.2, 0.25) is 11.6 Å². The number of thioether (sulfide) groups is 1. The van der Waals surface area contributed by atoms with Gasteiger partial charge >= 0.3 is 0 Å². The SMILES string of the molecule is O=C(Nc1c(F)c(F)c(F)c(F)c1F)SC(=O)Nc1c(F)c(F)c(F)c(F)c1F. The summed E-state index contributed by atoms with van der Waals surface area (Å²) in [6, 6.07) is 0. The van der Waals surface area contributed by atoms with Crippen LogP contribution in [0.4, 0.5) is 64.9 Å². The second kappa shape index (κ2) is 8.18. The van der Waals surface area contributed by atoms with Crippen LogP contribution in [0.3, 0.4) is 0 Å². The molecule has 2 aromatic rings. The summed E-state index contributed by atoms with van der Waals surface area (Å²) in [5, 5.41) is -1.38. The Labute approximate surface area is 156 Å². The predicted octanol–water partition coefficient (Wildman–Crippen LogP) is 5.57. The Morgan fingerprint density at radius 1 is 0.448 bits per heavy atom. The third-order valence-electron chi connectivity index (χ3n) is 3.06. The maximum absolute atomic E-state index is 13.4. The fraction of sp³-hybridized carbons (Fsp3) is 0. The highest BCUT2D eigenvalue weighted by Crippen LogP contribution is 2.30. The van der Waals surface area contributed by atoms with Crippen molar-refractivity contribution in [1.29, 1.82) is 0 Å². The van der Waals surface area contributed by atoms with Crippen molar-refractivity contribution in [3.63, 3.8) is 0 Å². The molecule has 0 atom stereocenters. The van der Waals surface area contributed by atoms with Gasteiger partial charge in [0.15, 0.2) is 46.5 Å². The highest BCUT2D eigenvalue weighted by atomic mass is 32.2. The van der Waals surface area contributed by atoms with Gasteiger partial charge in [-0.15, -0.1) is 0 Å². The Morgan fingerprint density at radius 2 is 0.655 bits per heavy atom. The van der Waals surface area contributed by atoms with E-state index in [-0.39, 0.29) is 0 Å². The monoisotopic (exact) mass is 452 g/mol. The van der Waals surface area contributed by atoms with Crippen molar-refractivity contribution in [1.82, 2.24) is 0 Å². The molecule has 0 spiro atoms. The van der Waals surface area contributed by atoms with Gasteiger partial charge in [-0.1, -0.05) is 0 Å². The second-order valence-corrected chi connectivity index (χ2v) is 5.76. The van der Waals surface area contributed by atoms with Gasteiger partial charge in [-0.05, 0) is 0 Å². The van der Waals surface area contributed by atoms with Crippen molar-refractivity contribution in [3.8, 4) is 0 Å². The zero-order valence-corrected chi connectivity index (χ0v) is 13.8. The minimum absolute atomic E-state index is 0.688. The molecule has 29 heavy (non-hydrogen) atoms. The summed E-state index contributed by atoms with van der Waals surface area (Å²) in [5.41, 5.74) is -3.69. The molecule has 2 aromatic carbocycles. The van der Waals surface area contributed by atoms with E-state index in [4.69, 9.17) is 0 Å². The second-order valence-electron chi connectivity index (χ2n) is 4.82. The maximum Gasteiger partial charge on any atom is 0.293 e. The number of halogens is 10. The smallest absolute Gasteiger partial charge is 0.293 e. The summed E-state index contributed by atoms with van der Waals surface area (Å²) in [5.74, 6) is -24.6. The number of hydrogen-bond donors (Lipinski definition) is 2. The average molecular weight is 452 g/mol. The van der Waals surface area contributed by atoms with Crippen LogP contribution < -0.4 is 10.6 Å². The van der Waals surface area contributed by atoms with Crippen molar-refractivity contribution in [2.75, 3.05) is 10.6 Å². The average Bonchev–Trinajstić information content (AvgIpc) is 2.68.